The number of carbonyl (C=O) groups is 3. The summed E-state index contributed by atoms with van der Waals surface area (Å²) in [6.07, 6.45) is 2.68. The van der Waals surface area contributed by atoms with Crippen LogP contribution < -0.4 is 9.61 Å². The van der Waals surface area contributed by atoms with E-state index in [2.05, 4.69) is 11.1 Å². The maximum atomic E-state index is 13.8. The SMILES string of the molecule is Cc1cccc(COc2ccc(Cl)cc2[C@H]2c3sc(=O)[nH]c3SC3C4CC(C5C(=O)N(CCCCCC(=O)O)C(=O)C45)C32)c1. The summed E-state index contributed by atoms with van der Waals surface area (Å²) in [5, 5.41) is 10.4. The van der Waals surface area contributed by atoms with Gasteiger partial charge >= 0.3 is 10.8 Å². The van der Waals surface area contributed by atoms with Crippen LogP contribution >= 0.6 is 34.7 Å². The van der Waals surface area contributed by atoms with Crippen molar-refractivity contribution in [3.63, 3.8) is 0 Å². The topological polar surface area (TPSA) is 117 Å². The van der Waals surface area contributed by atoms with Crippen LogP contribution in [0.2, 0.25) is 5.02 Å². The molecule has 2 saturated carbocycles. The van der Waals surface area contributed by atoms with E-state index in [9.17, 15) is 19.2 Å². The molecule has 8 nitrogen and oxygen atoms in total. The van der Waals surface area contributed by atoms with Crippen LogP contribution in [0, 0.1) is 36.5 Å². The van der Waals surface area contributed by atoms with Crippen LogP contribution in [0.25, 0.3) is 0 Å². The minimum atomic E-state index is -0.836. The Bertz CT molecular complexity index is 1700. The van der Waals surface area contributed by atoms with Crippen molar-refractivity contribution >= 4 is 52.5 Å². The van der Waals surface area contributed by atoms with Gasteiger partial charge in [-0.25, -0.2) is 0 Å². The number of imide groups is 1. The predicted octanol–water partition coefficient (Wildman–Crippen LogP) is 6.10. The highest BCUT2D eigenvalue weighted by Crippen LogP contribution is 2.69. The lowest BCUT2D eigenvalue weighted by molar-refractivity contribution is -0.141. The summed E-state index contributed by atoms with van der Waals surface area (Å²) < 4.78 is 6.44. The summed E-state index contributed by atoms with van der Waals surface area (Å²) in [6, 6.07) is 13.8. The Balaban J connectivity index is 1.20. The third-order valence-electron chi connectivity index (χ3n) is 9.87. The second-order valence-corrected chi connectivity index (χ2v) is 15.1. The number of likely N-dealkylation sites (tertiary alicyclic amines) is 1. The van der Waals surface area contributed by atoms with E-state index in [0.29, 0.717) is 43.2 Å². The zero-order valence-electron chi connectivity index (χ0n) is 24.2. The van der Waals surface area contributed by atoms with Crippen molar-refractivity contribution in [3.8, 4) is 5.75 Å². The van der Waals surface area contributed by atoms with Gasteiger partial charge in [0.25, 0.3) is 0 Å². The van der Waals surface area contributed by atoms with Crippen molar-refractivity contribution in [3.05, 3.63) is 78.7 Å². The van der Waals surface area contributed by atoms with Crippen molar-refractivity contribution in [2.75, 3.05) is 6.54 Å². The molecule has 7 rings (SSSR count). The maximum absolute atomic E-state index is 13.8. The van der Waals surface area contributed by atoms with Gasteiger partial charge < -0.3 is 14.8 Å². The molecule has 4 aliphatic rings. The predicted molar refractivity (Wildman–Crippen MR) is 168 cm³/mol. The number of nitrogens with zero attached hydrogens (tertiary/aromatic N) is 1. The zero-order chi connectivity index (χ0) is 30.7. The summed E-state index contributed by atoms with van der Waals surface area (Å²) in [6.45, 7) is 2.76. The number of aliphatic carboxylic acids is 1. The van der Waals surface area contributed by atoms with E-state index in [1.165, 1.54) is 16.2 Å². The molecule has 2 aliphatic heterocycles. The fraction of sp³-hybridized carbons (Fsp3) is 0.455. The van der Waals surface area contributed by atoms with E-state index in [4.69, 9.17) is 21.4 Å². The summed E-state index contributed by atoms with van der Waals surface area (Å²) in [5.41, 5.74) is 3.11. The van der Waals surface area contributed by atoms with Gasteiger partial charge in [0.2, 0.25) is 11.8 Å². The zero-order valence-corrected chi connectivity index (χ0v) is 26.6. The van der Waals surface area contributed by atoms with Gasteiger partial charge in [0.1, 0.15) is 12.4 Å². The van der Waals surface area contributed by atoms with Crippen LogP contribution in [0.1, 0.15) is 59.6 Å². The lowest BCUT2D eigenvalue weighted by Crippen LogP contribution is -2.42. The van der Waals surface area contributed by atoms with Crippen LogP contribution in [0.3, 0.4) is 0 Å². The first-order chi connectivity index (χ1) is 21.2. The maximum Gasteiger partial charge on any atom is 0.305 e. The standard InChI is InChI=1S/C33H33ClN2O6S2/c1-16-6-5-7-17(12-16)15-42-22-10-9-18(34)13-19(22)24-25-20-14-21(28(25)43-30-29(24)44-33(41)35-30)27-26(20)31(39)36(32(27)40)11-4-2-3-8-23(37)38/h5-7,9-10,12-13,20-21,24-28H,2-4,8,11,14-15H2,1H3,(H,35,41)(H,37,38)/t20?,21?,24-,25?,26?,27?,28?/m1/s1. The molecule has 6 unspecified atom stereocenters. The molecule has 2 bridgehead atoms. The van der Waals surface area contributed by atoms with E-state index < -0.39 is 5.97 Å². The first-order valence-corrected chi connectivity index (χ1v) is 17.2. The second-order valence-electron chi connectivity index (χ2n) is 12.5. The number of carbonyl (C=O) groups excluding carboxylic acids is 2. The fourth-order valence-electron chi connectivity index (χ4n) is 8.23. The largest absolute Gasteiger partial charge is 0.489 e. The van der Waals surface area contributed by atoms with Gasteiger partial charge in [-0.2, -0.15) is 0 Å². The Kier molecular flexibility index (Phi) is 7.87. The van der Waals surface area contributed by atoms with E-state index in [1.807, 2.05) is 43.3 Å². The lowest BCUT2D eigenvalue weighted by atomic mass is 9.68. The van der Waals surface area contributed by atoms with E-state index in [0.717, 1.165) is 33.0 Å². The third-order valence-corrected chi connectivity index (χ3v) is 12.7. The number of hydrogen-bond donors (Lipinski definition) is 2. The Morgan fingerprint density at radius 3 is 2.64 bits per heavy atom. The van der Waals surface area contributed by atoms with E-state index >= 15 is 0 Å². The van der Waals surface area contributed by atoms with Gasteiger partial charge in [-0.3, -0.25) is 24.1 Å². The highest BCUT2D eigenvalue weighted by molar-refractivity contribution is 8.00. The molecule has 230 valence electrons. The highest BCUT2D eigenvalue weighted by Gasteiger charge is 2.69. The number of aryl methyl sites for hydroxylation is 1. The number of carboxylic acids is 1. The molecule has 1 saturated heterocycles. The number of carboxylic acid groups (broad SMARTS) is 1. The van der Waals surface area contributed by atoms with E-state index in [1.54, 1.807) is 11.8 Å². The van der Waals surface area contributed by atoms with Crippen LogP contribution in [-0.2, 0) is 21.0 Å². The van der Waals surface area contributed by atoms with Gasteiger partial charge in [-0.05, 0) is 67.7 Å². The molecular weight excluding hydrogens is 620 g/mol. The van der Waals surface area contributed by atoms with Crippen LogP contribution in [0.4, 0.5) is 0 Å². The molecule has 11 heteroatoms. The molecule has 7 atom stereocenters. The Hall–Kier alpha value is -3.08. The monoisotopic (exact) mass is 652 g/mol. The molecule has 3 heterocycles. The van der Waals surface area contributed by atoms with Crippen LogP contribution in [0.5, 0.6) is 5.75 Å². The number of thioether (sulfide) groups is 1. The van der Waals surface area contributed by atoms with Crippen molar-refractivity contribution < 1.29 is 24.2 Å². The molecule has 2 N–H and O–H groups in total. The van der Waals surface area contributed by atoms with Gasteiger partial charge in [0.15, 0.2) is 0 Å². The van der Waals surface area contributed by atoms with Gasteiger partial charge in [0, 0.05) is 39.6 Å². The molecule has 2 amide bonds. The molecular formula is C33H33ClN2O6S2. The quantitative estimate of drug-likeness (QED) is 0.201. The molecule has 3 fully saturated rings. The molecule has 0 spiro atoms. The van der Waals surface area contributed by atoms with Crippen LogP contribution in [0.15, 0.2) is 52.3 Å². The number of halogens is 1. The number of aromatic nitrogens is 1. The number of aromatic amines is 1. The van der Waals surface area contributed by atoms with Crippen molar-refractivity contribution in [2.24, 2.45) is 29.6 Å². The third kappa shape index (κ3) is 5.08. The van der Waals surface area contributed by atoms with E-state index in [-0.39, 0.29) is 63.9 Å². The van der Waals surface area contributed by atoms with Crippen molar-refractivity contribution in [2.45, 2.75) is 61.8 Å². The smallest absolute Gasteiger partial charge is 0.305 e. The summed E-state index contributed by atoms with van der Waals surface area (Å²) in [7, 11) is 0. The number of nitrogens with one attached hydrogen (secondary N) is 1. The van der Waals surface area contributed by atoms with Gasteiger partial charge in [-0.1, -0.05) is 59.2 Å². The molecule has 2 aromatic carbocycles. The summed E-state index contributed by atoms with van der Waals surface area (Å²) >= 11 is 9.47. The molecule has 0 radical (unpaired) electrons. The summed E-state index contributed by atoms with van der Waals surface area (Å²) in [5.74, 6) is -1.16. The first-order valence-electron chi connectivity index (χ1n) is 15.2. The first kappa shape index (κ1) is 29.6. The highest BCUT2D eigenvalue weighted by atomic mass is 35.5. The number of thiazole rings is 1. The minimum absolute atomic E-state index is 0.00471. The lowest BCUT2D eigenvalue weighted by Gasteiger charge is -2.43. The summed E-state index contributed by atoms with van der Waals surface area (Å²) in [4.78, 5) is 56.4. The number of unbranched alkanes of at least 4 members (excludes halogenated alkanes) is 2. The average Bonchev–Trinajstić information content (AvgIpc) is 3.71. The van der Waals surface area contributed by atoms with Gasteiger partial charge in [-0.15, -0.1) is 11.8 Å². The molecule has 3 aromatic rings. The molecule has 2 aliphatic carbocycles. The fourth-order valence-corrected chi connectivity index (χ4v) is 11.3. The van der Waals surface area contributed by atoms with Crippen LogP contribution in [-0.4, -0.2) is 44.6 Å². The molecule has 44 heavy (non-hydrogen) atoms. The number of rotatable bonds is 10. The normalized spacial score (nSPS) is 28.2. The number of fused-ring (bicyclic) bond motifs is 9. The number of ether oxygens (including phenoxy) is 1. The Morgan fingerprint density at radius 1 is 1.07 bits per heavy atom. The molecule has 1 aromatic heterocycles. The number of H-pyrrole nitrogens is 1. The average molecular weight is 653 g/mol. The number of amides is 2. The van der Waals surface area contributed by atoms with Gasteiger partial charge in [0.05, 0.1) is 16.9 Å². The minimum Gasteiger partial charge on any atom is -0.489 e. The Morgan fingerprint density at radius 2 is 1.86 bits per heavy atom. The second kappa shape index (κ2) is 11.7. The number of benzene rings is 2. The van der Waals surface area contributed by atoms with Crippen molar-refractivity contribution in [1.82, 2.24) is 9.88 Å². The number of hydrogen-bond acceptors (Lipinski definition) is 7. The Labute approximate surface area is 268 Å². The van der Waals surface area contributed by atoms with Crippen molar-refractivity contribution in [1.29, 1.82) is 0 Å².